The maximum Gasteiger partial charge on any atom is 0.414 e. The lowest BCUT2D eigenvalue weighted by Gasteiger charge is -2.25. The Kier molecular flexibility index (Phi) is 5.31. The average molecular weight is 433 g/mol. The number of rotatable bonds is 5. The highest BCUT2D eigenvalue weighted by Crippen LogP contribution is 2.53. The van der Waals surface area contributed by atoms with Crippen LogP contribution in [-0.2, 0) is 19.1 Å². The first-order valence-corrected chi connectivity index (χ1v) is 10.5. The lowest BCUT2D eigenvalue weighted by atomic mass is 10.1. The molecule has 3 atom stereocenters. The Bertz CT molecular complexity index is 903. The van der Waals surface area contributed by atoms with Gasteiger partial charge in [-0.1, -0.05) is 0 Å². The molecular formula is C22H28FN3O5. The van der Waals surface area contributed by atoms with Crippen LogP contribution in [0.15, 0.2) is 18.2 Å². The van der Waals surface area contributed by atoms with Crippen molar-refractivity contribution in [2.45, 2.75) is 39.4 Å². The standard InChI is InChI=1S/C22H28FN3O5/c1-12(27)24-8-14-9-26(21(29)30-14)13-5-6-18(17(23)7-13)25-10-15-16(11-25)19(15)20(28)31-22(2,3)4/h5-7,14-16,19H,8-11H2,1-4H3,(H,24,27). The van der Waals surface area contributed by atoms with E-state index < -0.39 is 23.6 Å². The van der Waals surface area contributed by atoms with Crippen molar-refractivity contribution in [3.63, 3.8) is 0 Å². The molecule has 31 heavy (non-hydrogen) atoms. The quantitative estimate of drug-likeness (QED) is 0.717. The zero-order valence-corrected chi connectivity index (χ0v) is 18.2. The van der Waals surface area contributed by atoms with E-state index in [1.54, 1.807) is 12.1 Å². The Morgan fingerprint density at radius 1 is 1.23 bits per heavy atom. The Labute approximate surface area is 180 Å². The third kappa shape index (κ3) is 4.45. The van der Waals surface area contributed by atoms with Gasteiger partial charge in [-0.25, -0.2) is 9.18 Å². The number of cyclic esters (lactones) is 1. The van der Waals surface area contributed by atoms with Gasteiger partial charge >= 0.3 is 12.1 Å². The number of benzene rings is 1. The van der Waals surface area contributed by atoms with Gasteiger partial charge in [0.2, 0.25) is 5.91 Å². The molecule has 0 spiro atoms. The molecule has 0 aromatic heterocycles. The SMILES string of the molecule is CC(=O)NCC1CN(c2ccc(N3CC4C(C3)C4C(=O)OC(C)(C)C)c(F)c2)C(=O)O1. The van der Waals surface area contributed by atoms with E-state index in [0.29, 0.717) is 24.5 Å². The van der Waals surface area contributed by atoms with Gasteiger partial charge in [-0.15, -0.1) is 0 Å². The number of esters is 1. The van der Waals surface area contributed by atoms with Crippen molar-refractivity contribution >= 4 is 29.3 Å². The number of carbonyl (C=O) groups is 3. The number of hydrogen-bond acceptors (Lipinski definition) is 6. The van der Waals surface area contributed by atoms with Crippen molar-refractivity contribution in [2.24, 2.45) is 17.8 Å². The van der Waals surface area contributed by atoms with E-state index >= 15 is 0 Å². The van der Waals surface area contributed by atoms with Gasteiger partial charge in [-0.3, -0.25) is 14.5 Å². The number of halogens is 1. The smallest absolute Gasteiger partial charge is 0.414 e. The molecule has 3 unspecified atom stereocenters. The highest BCUT2D eigenvalue weighted by atomic mass is 19.1. The molecule has 0 bridgehead atoms. The van der Waals surface area contributed by atoms with Crippen LogP contribution in [0.2, 0.25) is 0 Å². The molecule has 8 nitrogen and oxygen atoms in total. The van der Waals surface area contributed by atoms with Crippen LogP contribution in [0, 0.1) is 23.6 Å². The fourth-order valence-electron chi connectivity index (χ4n) is 4.46. The zero-order valence-electron chi connectivity index (χ0n) is 18.2. The fraction of sp³-hybridized carbons (Fsp3) is 0.591. The minimum Gasteiger partial charge on any atom is -0.460 e. The molecule has 9 heteroatoms. The molecule has 1 aromatic rings. The molecule has 1 aliphatic carbocycles. The van der Waals surface area contributed by atoms with Gasteiger partial charge in [0.15, 0.2) is 0 Å². The van der Waals surface area contributed by atoms with Crippen LogP contribution < -0.4 is 15.1 Å². The molecule has 1 saturated carbocycles. The van der Waals surface area contributed by atoms with Gasteiger partial charge in [-0.2, -0.15) is 0 Å². The second-order valence-electron chi connectivity index (χ2n) is 9.48. The summed E-state index contributed by atoms with van der Waals surface area (Å²) >= 11 is 0. The molecule has 2 saturated heterocycles. The normalized spacial score (nSPS) is 27.1. The molecule has 2 aliphatic heterocycles. The van der Waals surface area contributed by atoms with E-state index in [4.69, 9.17) is 9.47 Å². The number of nitrogens with zero attached hydrogens (tertiary/aromatic N) is 2. The lowest BCUT2D eigenvalue weighted by Crippen LogP contribution is -2.33. The van der Waals surface area contributed by atoms with Gasteiger partial charge in [0.05, 0.1) is 30.4 Å². The van der Waals surface area contributed by atoms with E-state index in [0.717, 1.165) is 0 Å². The Balaban J connectivity index is 1.36. The van der Waals surface area contributed by atoms with Crippen LogP contribution in [0.25, 0.3) is 0 Å². The van der Waals surface area contributed by atoms with Crippen molar-refractivity contribution in [2.75, 3.05) is 36.0 Å². The molecule has 1 N–H and O–H groups in total. The van der Waals surface area contributed by atoms with Crippen LogP contribution in [-0.4, -0.2) is 55.9 Å². The summed E-state index contributed by atoms with van der Waals surface area (Å²) in [4.78, 5) is 38.8. The van der Waals surface area contributed by atoms with Crippen molar-refractivity contribution in [1.29, 1.82) is 0 Å². The summed E-state index contributed by atoms with van der Waals surface area (Å²) in [5, 5.41) is 2.61. The second-order valence-corrected chi connectivity index (χ2v) is 9.48. The number of anilines is 2. The van der Waals surface area contributed by atoms with Crippen molar-refractivity contribution in [1.82, 2.24) is 5.32 Å². The Hall–Kier alpha value is -2.84. The van der Waals surface area contributed by atoms with Gasteiger partial charge < -0.3 is 19.7 Å². The third-order valence-corrected chi connectivity index (χ3v) is 5.91. The maximum absolute atomic E-state index is 14.9. The first kappa shape index (κ1) is 21.4. The first-order chi connectivity index (χ1) is 14.5. The number of carbonyl (C=O) groups excluding carboxylic acids is 3. The molecular weight excluding hydrogens is 405 g/mol. The number of piperidine rings is 1. The summed E-state index contributed by atoms with van der Waals surface area (Å²) in [6.07, 6.45) is -1.04. The van der Waals surface area contributed by atoms with Crippen molar-refractivity contribution in [3.05, 3.63) is 24.0 Å². The van der Waals surface area contributed by atoms with Crippen LogP contribution in [0.1, 0.15) is 27.7 Å². The summed E-state index contributed by atoms with van der Waals surface area (Å²) in [5.74, 6) is -0.515. The van der Waals surface area contributed by atoms with E-state index in [2.05, 4.69) is 5.32 Å². The molecule has 4 rings (SSSR count). The van der Waals surface area contributed by atoms with Gasteiger partial charge in [0.25, 0.3) is 0 Å². The predicted octanol–water partition coefficient (Wildman–Crippen LogP) is 2.31. The highest BCUT2D eigenvalue weighted by molar-refractivity contribution is 5.90. The molecule has 2 amide bonds. The predicted molar refractivity (Wildman–Crippen MR) is 111 cm³/mol. The largest absolute Gasteiger partial charge is 0.460 e. The number of amides is 2. The molecule has 2 heterocycles. The number of ether oxygens (including phenoxy) is 2. The van der Waals surface area contributed by atoms with Crippen molar-refractivity contribution < 1.29 is 28.2 Å². The topological polar surface area (TPSA) is 88.2 Å². The molecule has 3 aliphatic rings. The summed E-state index contributed by atoms with van der Waals surface area (Å²) in [6.45, 7) is 8.61. The molecule has 1 aromatic carbocycles. The fourth-order valence-corrected chi connectivity index (χ4v) is 4.46. The van der Waals surface area contributed by atoms with E-state index in [1.165, 1.54) is 17.9 Å². The van der Waals surface area contributed by atoms with E-state index in [9.17, 15) is 18.8 Å². The number of nitrogens with one attached hydrogen (secondary N) is 1. The Morgan fingerprint density at radius 3 is 2.48 bits per heavy atom. The first-order valence-electron chi connectivity index (χ1n) is 10.5. The van der Waals surface area contributed by atoms with Gasteiger partial charge in [-0.05, 0) is 50.8 Å². The maximum atomic E-state index is 14.9. The Morgan fingerprint density at radius 2 is 1.90 bits per heavy atom. The second kappa shape index (κ2) is 7.69. The monoisotopic (exact) mass is 433 g/mol. The summed E-state index contributed by atoms with van der Waals surface area (Å²) < 4.78 is 25.6. The third-order valence-electron chi connectivity index (χ3n) is 5.91. The molecule has 3 fully saturated rings. The van der Waals surface area contributed by atoms with Crippen LogP contribution in [0.5, 0.6) is 0 Å². The van der Waals surface area contributed by atoms with Crippen LogP contribution >= 0.6 is 0 Å². The summed E-state index contributed by atoms with van der Waals surface area (Å²) in [7, 11) is 0. The van der Waals surface area contributed by atoms with Crippen molar-refractivity contribution in [3.8, 4) is 0 Å². The minimum atomic E-state index is -0.565. The minimum absolute atomic E-state index is 0.0993. The summed E-state index contributed by atoms with van der Waals surface area (Å²) in [6, 6.07) is 4.68. The zero-order chi connectivity index (χ0) is 22.5. The number of hydrogen-bond donors (Lipinski definition) is 1. The van der Waals surface area contributed by atoms with Crippen LogP contribution in [0.4, 0.5) is 20.6 Å². The van der Waals surface area contributed by atoms with Crippen LogP contribution in [0.3, 0.4) is 0 Å². The highest BCUT2D eigenvalue weighted by Gasteiger charge is 2.61. The van der Waals surface area contributed by atoms with Gasteiger partial charge in [0.1, 0.15) is 17.5 Å². The van der Waals surface area contributed by atoms with E-state index in [1.807, 2.05) is 25.7 Å². The van der Waals surface area contributed by atoms with E-state index in [-0.39, 0.29) is 42.7 Å². The number of fused-ring (bicyclic) bond motifs is 1. The molecule has 0 radical (unpaired) electrons. The van der Waals surface area contributed by atoms with Gasteiger partial charge in [0, 0.05) is 20.0 Å². The average Bonchev–Trinajstić information content (AvgIpc) is 2.97. The lowest BCUT2D eigenvalue weighted by molar-refractivity contribution is -0.157. The summed E-state index contributed by atoms with van der Waals surface area (Å²) in [5.41, 5.74) is 0.363. The molecule has 168 valence electrons.